The Morgan fingerprint density at radius 3 is 2.89 bits per heavy atom. The average Bonchev–Trinajstić information content (AvgIpc) is 2.95. The fourth-order valence-electron chi connectivity index (χ4n) is 3.02. The second kappa shape index (κ2) is 5.92. The van der Waals surface area contributed by atoms with Crippen molar-refractivity contribution in [2.24, 2.45) is 0 Å². The standard InChI is InChI=1S/C14H21N3OS/c19-14-15-10-17(12-5-2-1-3-6-12)11-16(14)9-13-7-4-8-18-13/h4,7-8,12H,1-3,5-6,9-11H2,(H,15,19). The van der Waals surface area contributed by atoms with Crippen LogP contribution in [0.4, 0.5) is 0 Å². The molecule has 0 spiro atoms. The number of nitrogens with zero attached hydrogens (tertiary/aromatic N) is 2. The number of furan rings is 1. The highest BCUT2D eigenvalue weighted by atomic mass is 32.1. The molecule has 0 amide bonds. The van der Waals surface area contributed by atoms with Gasteiger partial charge in [-0.2, -0.15) is 0 Å². The van der Waals surface area contributed by atoms with E-state index in [-0.39, 0.29) is 0 Å². The summed E-state index contributed by atoms with van der Waals surface area (Å²) in [6.45, 7) is 2.55. The van der Waals surface area contributed by atoms with E-state index in [9.17, 15) is 0 Å². The molecule has 5 heteroatoms. The van der Waals surface area contributed by atoms with Gasteiger partial charge in [0.05, 0.1) is 26.1 Å². The molecule has 1 saturated carbocycles. The largest absolute Gasteiger partial charge is 0.467 e. The molecule has 0 atom stereocenters. The first kappa shape index (κ1) is 12.9. The maximum Gasteiger partial charge on any atom is 0.171 e. The van der Waals surface area contributed by atoms with E-state index in [1.54, 1.807) is 6.26 Å². The lowest BCUT2D eigenvalue weighted by molar-refractivity contribution is 0.0780. The van der Waals surface area contributed by atoms with Gasteiger partial charge in [-0.25, -0.2) is 0 Å². The maximum absolute atomic E-state index is 5.42. The zero-order valence-electron chi connectivity index (χ0n) is 11.2. The quantitative estimate of drug-likeness (QED) is 0.859. The molecule has 4 nitrogen and oxygen atoms in total. The predicted octanol–water partition coefficient (Wildman–Crippen LogP) is 2.52. The van der Waals surface area contributed by atoms with Crippen LogP contribution < -0.4 is 5.32 Å². The average molecular weight is 279 g/mol. The van der Waals surface area contributed by atoms with Gasteiger partial charge in [0.15, 0.2) is 5.11 Å². The zero-order chi connectivity index (χ0) is 13.1. The molecule has 0 bridgehead atoms. The fourth-order valence-corrected chi connectivity index (χ4v) is 3.20. The Balaban J connectivity index is 1.61. The Bertz CT molecular complexity index is 414. The molecule has 1 aromatic heterocycles. The van der Waals surface area contributed by atoms with Crippen LogP contribution in [-0.4, -0.2) is 34.3 Å². The van der Waals surface area contributed by atoms with Crippen LogP contribution in [0.1, 0.15) is 37.9 Å². The lowest BCUT2D eigenvalue weighted by atomic mass is 9.94. The minimum atomic E-state index is 0.712. The van der Waals surface area contributed by atoms with Crippen molar-refractivity contribution < 1.29 is 4.42 Å². The topological polar surface area (TPSA) is 31.6 Å². The minimum Gasteiger partial charge on any atom is -0.467 e. The van der Waals surface area contributed by atoms with Crippen molar-refractivity contribution in [2.45, 2.75) is 44.7 Å². The summed E-state index contributed by atoms with van der Waals surface area (Å²) in [7, 11) is 0. The third-order valence-corrected chi connectivity index (χ3v) is 4.49. The van der Waals surface area contributed by atoms with Crippen molar-refractivity contribution in [3.05, 3.63) is 24.2 Å². The van der Waals surface area contributed by atoms with E-state index in [1.165, 1.54) is 32.1 Å². The van der Waals surface area contributed by atoms with Gasteiger partial charge in [-0.1, -0.05) is 19.3 Å². The highest BCUT2D eigenvalue weighted by Gasteiger charge is 2.27. The first-order chi connectivity index (χ1) is 9.33. The first-order valence-electron chi connectivity index (χ1n) is 7.12. The predicted molar refractivity (Wildman–Crippen MR) is 78.4 cm³/mol. The Hall–Kier alpha value is -1.07. The summed E-state index contributed by atoms with van der Waals surface area (Å²) >= 11 is 5.40. The number of rotatable bonds is 3. The van der Waals surface area contributed by atoms with Crippen molar-refractivity contribution in [1.82, 2.24) is 15.1 Å². The van der Waals surface area contributed by atoms with Crippen LogP contribution in [0.25, 0.3) is 0 Å². The molecule has 0 radical (unpaired) electrons. The molecule has 1 N–H and O–H groups in total. The Kier molecular flexibility index (Phi) is 4.03. The van der Waals surface area contributed by atoms with Gasteiger partial charge in [-0.3, -0.25) is 4.90 Å². The van der Waals surface area contributed by atoms with Gasteiger partial charge >= 0.3 is 0 Å². The number of thiocarbonyl (C=S) groups is 1. The van der Waals surface area contributed by atoms with Crippen molar-refractivity contribution in [3.63, 3.8) is 0 Å². The van der Waals surface area contributed by atoms with Gasteiger partial charge in [-0.15, -0.1) is 0 Å². The smallest absolute Gasteiger partial charge is 0.171 e. The molecule has 1 aliphatic carbocycles. The van der Waals surface area contributed by atoms with E-state index in [4.69, 9.17) is 16.6 Å². The van der Waals surface area contributed by atoms with Gasteiger partial charge in [0.1, 0.15) is 5.76 Å². The second-order valence-corrected chi connectivity index (χ2v) is 5.83. The summed E-state index contributed by atoms with van der Waals surface area (Å²) in [5.74, 6) is 0.967. The molecular weight excluding hydrogens is 258 g/mol. The highest BCUT2D eigenvalue weighted by Crippen LogP contribution is 2.23. The maximum atomic E-state index is 5.42. The molecule has 1 aliphatic heterocycles. The van der Waals surface area contributed by atoms with Gasteiger partial charge in [-0.05, 0) is 37.2 Å². The third kappa shape index (κ3) is 3.09. The van der Waals surface area contributed by atoms with Crippen LogP contribution in [0.5, 0.6) is 0 Å². The molecule has 1 aromatic rings. The Labute approximate surface area is 119 Å². The summed E-state index contributed by atoms with van der Waals surface area (Å²) in [5, 5.41) is 4.17. The van der Waals surface area contributed by atoms with E-state index in [0.717, 1.165) is 30.8 Å². The van der Waals surface area contributed by atoms with Gasteiger partial charge in [0.25, 0.3) is 0 Å². The van der Waals surface area contributed by atoms with E-state index >= 15 is 0 Å². The molecule has 2 heterocycles. The van der Waals surface area contributed by atoms with Crippen molar-refractivity contribution in [3.8, 4) is 0 Å². The van der Waals surface area contributed by atoms with Crippen molar-refractivity contribution in [2.75, 3.05) is 13.3 Å². The van der Waals surface area contributed by atoms with Crippen LogP contribution in [0.3, 0.4) is 0 Å². The van der Waals surface area contributed by atoms with E-state index in [2.05, 4.69) is 15.1 Å². The monoisotopic (exact) mass is 279 g/mol. The van der Waals surface area contributed by atoms with Crippen molar-refractivity contribution >= 4 is 17.3 Å². The molecule has 0 unspecified atom stereocenters. The van der Waals surface area contributed by atoms with Gasteiger partial charge < -0.3 is 14.6 Å². The zero-order valence-corrected chi connectivity index (χ0v) is 12.0. The van der Waals surface area contributed by atoms with Gasteiger partial charge in [0.2, 0.25) is 0 Å². The molecule has 0 aromatic carbocycles. The summed E-state index contributed by atoms with van der Waals surface area (Å²) in [5.41, 5.74) is 0. The minimum absolute atomic E-state index is 0.712. The molecule has 104 valence electrons. The van der Waals surface area contributed by atoms with Gasteiger partial charge in [0, 0.05) is 6.04 Å². The lowest BCUT2D eigenvalue weighted by Crippen LogP contribution is -2.58. The summed E-state index contributed by atoms with van der Waals surface area (Å²) in [6, 6.07) is 4.64. The lowest BCUT2D eigenvalue weighted by Gasteiger charge is -2.42. The third-order valence-electron chi connectivity index (χ3n) is 4.09. The summed E-state index contributed by atoms with van der Waals surface area (Å²) in [6.07, 6.45) is 8.49. The SMILES string of the molecule is S=C1NCN(C2CCCCC2)CN1Cc1ccco1. The van der Waals surface area contributed by atoms with Crippen LogP contribution in [0, 0.1) is 0 Å². The molecule has 19 heavy (non-hydrogen) atoms. The fraction of sp³-hybridized carbons (Fsp3) is 0.643. The molecule has 3 rings (SSSR count). The highest BCUT2D eigenvalue weighted by molar-refractivity contribution is 7.80. The summed E-state index contributed by atoms with van der Waals surface area (Å²) in [4.78, 5) is 4.70. The second-order valence-electron chi connectivity index (χ2n) is 5.44. The summed E-state index contributed by atoms with van der Waals surface area (Å²) < 4.78 is 5.42. The normalized spacial score (nSPS) is 22.5. The number of nitrogens with one attached hydrogen (secondary N) is 1. The van der Waals surface area contributed by atoms with Crippen LogP contribution in [-0.2, 0) is 6.54 Å². The van der Waals surface area contributed by atoms with Crippen LogP contribution in [0.2, 0.25) is 0 Å². The molecule has 2 fully saturated rings. The molecule has 2 aliphatic rings. The first-order valence-corrected chi connectivity index (χ1v) is 7.53. The Morgan fingerprint density at radius 2 is 2.16 bits per heavy atom. The van der Waals surface area contributed by atoms with Crippen molar-refractivity contribution in [1.29, 1.82) is 0 Å². The van der Waals surface area contributed by atoms with Crippen LogP contribution >= 0.6 is 12.2 Å². The molecular formula is C14H21N3OS. The van der Waals surface area contributed by atoms with E-state index < -0.39 is 0 Å². The molecule has 1 saturated heterocycles. The van der Waals surface area contributed by atoms with E-state index in [1.807, 2.05) is 12.1 Å². The van der Waals surface area contributed by atoms with Crippen LogP contribution in [0.15, 0.2) is 22.8 Å². The number of hydrogen-bond donors (Lipinski definition) is 1. The Morgan fingerprint density at radius 1 is 1.32 bits per heavy atom. The van der Waals surface area contributed by atoms with E-state index in [0.29, 0.717) is 6.04 Å². The number of hydrogen-bond acceptors (Lipinski definition) is 3.